The van der Waals surface area contributed by atoms with E-state index in [0.717, 1.165) is 4.88 Å². The Morgan fingerprint density at radius 2 is 1.96 bits per heavy atom. The summed E-state index contributed by atoms with van der Waals surface area (Å²) in [6, 6.07) is 9.15. The van der Waals surface area contributed by atoms with Crippen LogP contribution in [0.5, 0.6) is 0 Å². The van der Waals surface area contributed by atoms with Crippen molar-refractivity contribution in [3.05, 3.63) is 56.3 Å². The first-order valence-electron chi connectivity index (χ1n) is 6.70. The molecule has 0 saturated heterocycles. The Kier molecular flexibility index (Phi) is 5.07. The zero-order chi connectivity index (χ0) is 17.0. The van der Waals surface area contributed by atoms with E-state index in [2.05, 4.69) is 5.32 Å². The number of nitrogens with zero attached hydrogens (tertiary/aromatic N) is 1. The first kappa shape index (κ1) is 16.6. The number of nitro groups is 1. The van der Waals surface area contributed by atoms with Crippen LogP contribution in [0.15, 0.2) is 36.4 Å². The smallest absolute Gasteiger partial charge is 0.349 e. The number of hydrogen-bond donors (Lipinski definition) is 1. The maximum Gasteiger partial charge on any atom is 0.349 e. The number of rotatable bonds is 5. The molecule has 0 aliphatic heterocycles. The van der Waals surface area contributed by atoms with Crippen LogP contribution in [0, 0.1) is 17.0 Å². The highest BCUT2D eigenvalue weighted by atomic mass is 32.1. The molecule has 2 rings (SSSR count). The molecule has 0 saturated carbocycles. The molecule has 0 aliphatic rings. The van der Waals surface area contributed by atoms with Crippen LogP contribution in [0.3, 0.4) is 0 Å². The van der Waals surface area contributed by atoms with Gasteiger partial charge in [0.2, 0.25) is 0 Å². The Hall–Kier alpha value is -2.74. The first-order chi connectivity index (χ1) is 10.9. The fourth-order valence-electron chi connectivity index (χ4n) is 1.79. The molecule has 1 aromatic heterocycles. The number of amides is 1. The van der Waals surface area contributed by atoms with E-state index in [1.807, 2.05) is 6.92 Å². The maximum absolute atomic E-state index is 12.1. The molecule has 1 atom stereocenters. The van der Waals surface area contributed by atoms with E-state index < -0.39 is 22.9 Å². The fraction of sp³-hybridized carbons (Fsp3) is 0.200. The standard InChI is InChI=1S/C15H14N2O5S/c1-9-7-8-13(23-9)15(19)22-10(2)14(18)16-11-5-3-4-6-12(11)17(20)21/h3-8,10H,1-2H3,(H,16,18)/t10-/m1/s1. The Morgan fingerprint density at radius 3 is 2.57 bits per heavy atom. The van der Waals surface area contributed by atoms with Crippen LogP contribution in [0.4, 0.5) is 11.4 Å². The first-order valence-corrected chi connectivity index (χ1v) is 7.52. The molecule has 1 amide bonds. The van der Waals surface area contributed by atoms with Gasteiger partial charge in [-0.15, -0.1) is 11.3 Å². The Bertz CT molecular complexity index is 756. The minimum atomic E-state index is -1.08. The average Bonchev–Trinajstić information content (AvgIpc) is 2.94. The predicted octanol–water partition coefficient (Wildman–Crippen LogP) is 3.15. The van der Waals surface area contributed by atoms with Gasteiger partial charge in [-0.2, -0.15) is 0 Å². The van der Waals surface area contributed by atoms with Gasteiger partial charge in [0.15, 0.2) is 6.10 Å². The van der Waals surface area contributed by atoms with Crippen LogP contribution in [0.2, 0.25) is 0 Å². The summed E-state index contributed by atoms with van der Waals surface area (Å²) in [6.45, 7) is 3.26. The number of anilines is 1. The monoisotopic (exact) mass is 334 g/mol. The van der Waals surface area contributed by atoms with Gasteiger partial charge in [-0.1, -0.05) is 12.1 Å². The Morgan fingerprint density at radius 1 is 1.26 bits per heavy atom. The molecule has 7 nitrogen and oxygen atoms in total. The van der Waals surface area contributed by atoms with Crippen molar-refractivity contribution in [3.8, 4) is 0 Å². The molecular formula is C15H14N2O5S. The van der Waals surface area contributed by atoms with E-state index in [1.165, 1.54) is 36.5 Å². The van der Waals surface area contributed by atoms with Gasteiger partial charge in [-0.3, -0.25) is 14.9 Å². The number of carbonyl (C=O) groups is 2. The van der Waals surface area contributed by atoms with Crippen LogP contribution >= 0.6 is 11.3 Å². The summed E-state index contributed by atoms with van der Waals surface area (Å²) < 4.78 is 5.07. The van der Waals surface area contributed by atoms with Crippen molar-refractivity contribution in [3.63, 3.8) is 0 Å². The van der Waals surface area contributed by atoms with Gasteiger partial charge in [-0.05, 0) is 32.0 Å². The fourth-order valence-corrected chi connectivity index (χ4v) is 2.54. The number of benzene rings is 1. The third-order valence-electron chi connectivity index (χ3n) is 2.95. The van der Waals surface area contributed by atoms with Gasteiger partial charge in [0.05, 0.1) is 4.92 Å². The summed E-state index contributed by atoms with van der Waals surface area (Å²) in [7, 11) is 0. The predicted molar refractivity (Wildman–Crippen MR) is 85.7 cm³/mol. The van der Waals surface area contributed by atoms with Crippen LogP contribution < -0.4 is 5.32 Å². The highest BCUT2D eigenvalue weighted by molar-refractivity contribution is 7.13. The molecule has 0 fully saturated rings. The molecule has 1 N–H and O–H groups in total. The third-order valence-corrected chi connectivity index (χ3v) is 3.93. The molecule has 1 aromatic carbocycles. The number of nitro benzene ring substituents is 1. The minimum Gasteiger partial charge on any atom is -0.448 e. The molecule has 0 bridgehead atoms. The third kappa shape index (κ3) is 4.13. The van der Waals surface area contributed by atoms with Gasteiger partial charge in [0, 0.05) is 10.9 Å². The lowest BCUT2D eigenvalue weighted by Crippen LogP contribution is -2.30. The number of thiophene rings is 1. The molecule has 8 heteroatoms. The lowest BCUT2D eigenvalue weighted by Gasteiger charge is -2.13. The largest absolute Gasteiger partial charge is 0.448 e. The highest BCUT2D eigenvalue weighted by Crippen LogP contribution is 2.23. The van der Waals surface area contributed by atoms with Gasteiger partial charge < -0.3 is 10.1 Å². The van der Waals surface area contributed by atoms with Crippen molar-refractivity contribution < 1.29 is 19.2 Å². The van der Waals surface area contributed by atoms with Crippen LogP contribution in [0.1, 0.15) is 21.5 Å². The summed E-state index contributed by atoms with van der Waals surface area (Å²) in [5, 5.41) is 13.3. The molecule has 120 valence electrons. The van der Waals surface area contributed by atoms with Crippen molar-refractivity contribution >= 4 is 34.6 Å². The van der Waals surface area contributed by atoms with Gasteiger partial charge in [-0.25, -0.2) is 4.79 Å². The molecule has 0 aliphatic carbocycles. The quantitative estimate of drug-likeness (QED) is 0.514. The van der Waals surface area contributed by atoms with E-state index in [9.17, 15) is 19.7 Å². The van der Waals surface area contributed by atoms with Crippen molar-refractivity contribution in [1.82, 2.24) is 0 Å². The molecule has 0 radical (unpaired) electrons. The number of carbonyl (C=O) groups excluding carboxylic acids is 2. The maximum atomic E-state index is 12.1. The zero-order valence-electron chi connectivity index (χ0n) is 12.4. The summed E-state index contributed by atoms with van der Waals surface area (Å²) in [5.74, 6) is -1.24. The van der Waals surface area contributed by atoms with E-state index in [0.29, 0.717) is 4.88 Å². The van der Waals surface area contributed by atoms with Crippen molar-refractivity contribution in [2.24, 2.45) is 0 Å². The van der Waals surface area contributed by atoms with E-state index in [4.69, 9.17) is 4.74 Å². The normalized spacial score (nSPS) is 11.6. The van der Waals surface area contributed by atoms with Crippen LogP contribution in [-0.4, -0.2) is 22.9 Å². The van der Waals surface area contributed by atoms with Gasteiger partial charge in [0.25, 0.3) is 11.6 Å². The minimum absolute atomic E-state index is 0.0531. The summed E-state index contributed by atoms with van der Waals surface area (Å²) >= 11 is 1.26. The molecule has 0 unspecified atom stereocenters. The summed E-state index contributed by atoms with van der Waals surface area (Å²) in [4.78, 5) is 35.6. The van der Waals surface area contributed by atoms with Crippen molar-refractivity contribution in [2.45, 2.75) is 20.0 Å². The number of aryl methyl sites for hydroxylation is 1. The average molecular weight is 334 g/mol. The molecule has 1 heterocycles. The second-order valence-corrected chi connectivity index (χ2v) is 6.01. The van der Waals surface area contributed by atoms with E-state index >= 15 is 0 Å². The molecule has 0 spiro atoms. The van der Waals surface area contributed by atoms with Crippen molar-refractivity contribution in [1.29, 1.82) is 0 Å². The van der Waals surface area contributed by atoms with Gasteiger partial charge >= 0.3 is 5.97 Å². The second kappa shape index (κ2) is 7.01. The Labute approximate surface area is 136 Å². The Balaban J connectivity index is 2.03. The second-order valence-electron chi connectivity index (χ2n) is 4.72. The van der Waals surface area contributed by atoms with E-state index in [1.54, 1.807) is 18.2 Å². The highest BCUT2D eigenvalue weighted by Gasteiger charge is 2.22. The number of hydrogen-bond acceptors (Lipinski definition) is 6. The summed E-state index contributed by atoms with van der Waals surface area (Å²) in [6.07, 6.45) is -1.08. The zero-order valence-corrected chi connectivity index (χ0v) is 13.3. The molecule has 23 heavy (non-hydrogen) atoms. The topological polar surface area (TPSA) is 98.5 Å². The lowest BCUT2D eigenvalue weighted by atomic mass is 10.2. The number of nitrogens with one attached hydrogen (secondary N) is 1. The van der Waals surface area contributed by atoms with Crippen LogP contribution in [-0.2, 0) is 9.53 Å². The number of para-hydroxylation sites is 2. The summed E-state index contributed by atoms with van der Waals surface area (Å²) in [5.41, 5.74) is -0.175. The number of esters is 1. The molecule has 2 aromatic rings. The van der Waals surface area contributed by atoms with Crippen LogP contribution in [0.25, 0.3) is 0 Å². The van der Waals surface area contributed by atoms with E-state index in [-0.39, 0.29) is 11.4 Å². The molecular weight excluding hydrogens is 320 g/mol. The number of ether oxygens (including phenoxy) is 1. The van der Waals surface area contributed by atoms with Gasteiger partial charge in [0.1, 0.15) is 10.6 Å². The SMILES string of the molecule is Cc1ccc(C(=O)O[C@H](C)C(=O)Nc2ccccc2[N+](=O)[O-])s1. The lowest BCUT2D eigenvalue weighted by molar-refractivity contribution is -0.383. The van der Waals surface area contributed by atoms with Crippen molar-refractivity contribution in [2.75, 3.05) is 5.32 Å².